The number of rotatable bonds is 9. The van der Waals surface area contributed by atoms with Crippen molar-refractivity contribution in [2.75, 3.05) is 0 Å². The van der Waals surface area contributed by atoms with Crippen LogP contribution in [0.5, 0.6) is 0 Å². The largest absolute Gasteiger partial charge is 0.386 e. The van der Waals surface area contributed by atoms with Crippen molar-refractivity contribution < 1.29 is 5.11 Å². The van der Waals surface area contributed by atoms with E-state index in [4.69, 9.17) is 11.6 Å². The lowest BCUT2D eigenvalue weighted by Crippen LogP contribution is -2.18. The average molecular weight is 457 g/mol. The van der Waals surface area contributed by atoms with Crippen LogP contribution < -0.4 is 0 Å². The van der Waals surface area contributed by atoms with Crippen LogP contribution >= 0.6 is 11.6 Å². The standard InChI is InChI=1S/C31H33ClO/c1-23(16-18-27-19-20-29(32)21-24(27)2)15-17-26-10-7-9-25(22-26)11-8-13-28-12-5-6-14-30(28)31(3,4)33/h5-7,9-10,12,14-22,33H,1,8,11,13H2,2-4H3/b17-15+,18-16-. The Kier molecular flexibility index (Phi) is 8.49. The first-order chi connectivity index (χ1) is 15.7. The molecule has 3 aromatic carbocycles. The van der Waals surface area contributed by atoms with E-state index in [0.717, 1.165) is 46.5 Å². The third kappa shape index (κ3) is 7.60. The molecule has 2 heteroatoms. The summed E-state index contributed by atoms with van der Waals surface area (Å²) >= 11 is 6.03. The molecule has 1 nitrogen and oxygen atoms in total. The normalized spacial score (nSPS) is 12.0. The monoisotopic (exact) mass is 456 g/mol. The highest BCUT2D eigenvalue weighted by molar-refractivity contribution is 6.30. The third-order valence-corrected chi connectivity index (χ3v) is 5.97. The zero-order valence-corrected chi connectivity index (χ0v) is 20.6. The molecule has 0 aliphatic carbocycles. The van der Waals surface area contributed by atoms with Gasteiger partial charge in [-0.2, -0.15) is 0 Å². The van der Waals surface area contributed by atoms with Gasteiger partial charge in [0.1, 0.15) is 0 Å². The molecule has 3 aromatic rings. The maximum atomic E-state index is 10.4. The Labute approximate surface area is 203 Å². The van der Waals surface area contributed by atoms with Gasteiger partial charge in [-0.3, -0.25) is 0 Å². The number of hydrogen-bond donors (Lipinski definition) is 1. The smallest absolute Gasteiger partial charge is 0.0843 e. The lowest BCUT2D eigenvalue weighted by atomic mass is 9.90. The molecule has 0 unspecified atom stereocenters. The second-order valence-corrected chi connectivity index (χ2v) is 9.49. The van der Waals surface area contributed by atoms with Crippen LogP contribution in [-0.4, -0.2) is 5.11 Å². The Hall–Kier alpha value is -2.87. The van der Waals surface area contributed by atoms with E-state index in [1.165, 1.54) is 16.7 Å². The van der Waals surface area contributed by atoms with Crippen LogP contribution in [0.3, 0.4) is 0 Å². The summed E-state index contributed by atoms with van der Waals surface area (Å²) in [6, 6.07) is 22.7. The Morgan fingerprint density at radius 3 is 2.45 bits per heavy atom. The van der Waals surface area contributed by atoms with E-state index in [-0.39, 0.29) is 0 Å². The summed E-state index contributed by atoms with van der Waals surface area (Å²) in [6.45, 7) is 9.90. The fraction of sp³-hybridized carbons (Fsp3) is 0.226. The van der Waals surface area contributed by atoms with Crippen molar-refractivity contribution in [1.82, 2.24) is 0 Å². The van der Waals surface area contributed by atoms with E-state index in [0.29, 0.717) is 0 Å². The number of aliphatic hydroxyl groups is 1. The van der Waals surface area contributed by atoms with Gasteiger partial charge in [-0.05, 0) is 91.1 Å². The van der Waals surface area contributed by atoms with E-state index >= 15 is 0 Å². The van der Waals surface area contributed by atoms with Gasteiger partial charge in [0.05, 0.1) is 5.60 Å². The Morgan fingerprint density at radius 1 is 0.939 bits per heavy atom. The van der Waals surface area contributed by atoms with Crippen molar-refractivity contribution in [2.24, 2.45) is 0 Å². The average Bonchev–Trinajstić information content (AvgIpc) is 2.77. The predicted molar refractivity (Wildman–Crippen MR) is 144 cm³/mol. The van der Waals surface area contributed by atoms with Crippen LogP contribution in [0.2, 0.25) is 5.02 Å². The van der Waals surface area contributed by atoms with Crippen molar-refractivity contribution in [3.8, 4) is 0 Å². The van der Waals surface area contributed by atoms with Gasteiger partial charge in [-0.1, -0.05) is 97.1 Å². The quantitative estimate of drug-likeness (QED) is 0.321. The molecule has 0 amide bonds. The number of benzene rings is 3. The fourth-order valence-corrected chi connectivity index (χ4v) is 4.18. The highest BCUT2D eigenvalue weighted by atomic mass is 35.5. The van der Waals surface area contributed by atoms with Gasteiger partial charge < -0.3 is 5.11 Å². The van der Waals surface area contributed by atoms with Crippen LogP contribution in [0.25, 0.3) is 12.2 Å². The maximum Gasteiger partial charge on any atom is 0.0843 e. The molecule has 0 saturated carbocycles. The van der Waals surface area contributed by atoms with E-state index in [1.807, 2.05) is 62.4 Å². The Morgan fingerprint density at radius 2 is 1.70 bits per heavy atom. The van der Waals surface area contributed by atoms with Crippen molar-refractivity contribution in [3.63, 3.8) is 0 Å². The summed E-state index contributed by atoms with van der Waals surface area (Å²) in [4.78, 5) is 0. The van der Waals surface area contributed by atoms with E-state index < -0.39 is 5.60 Å². The van der Waals surface area contributed by atoms with Crippen LogP contribution in [0.4, 0.5) is 0 Å². The first kappa shape index (κ1) is 24.8. The van der Waals surface area contributed by atoms with Crippen LogP contribution in [0.1, 0.15) is 53.6 Å². The highest BCUT2D eigenvalue weighted by Crippen LogP contribution is 2.25. The SMILES string of the molecule is C=C(/C=C\c1ccc(Cl)cc1C)/C=C/c1cccc(CCCc2ccccc2C(C)(C)O)c1. The number of halogens is 1. The molecule has 0 aliphatic heterocycles. The lowest BCUT2D eigenvalue weighted by molar-refractivity contribution is 0.0776. The van der Waals surface area contributed by atoms with Gasteiger partial charge in [0, 0.05) is 5.02 Å². The lowest BCUT2D eigenvalue weighted by Gasteiger charge is -2.21. The number of allylic oxidation sites excluding steroid dienone is 3. The second-order valence-electron chi connectivity index (χ2n) is 9.06. The summed E-state index contributed by atoms with van der Waals surface area (Å²) in [5.41, 5.74) is 7.14. The van der Waals surface area contributed by atoms with Gasteiger partial charge in [0.2, 0.25) is 0 Å². The van der Waals surface area contributed by atoms with Gasteiger partial charge in [-0.15, -0.1) is 0 Å². The highest BCUT2D eigenvalue weighted by Gasteiger charge is 2.18. The third-order valence-electron chi connectivity index (χ3n) is 5.74. The molecule has 3 rings (SSSR count). The molecule has 0 atom stereocenters. The van der Waals surface area contributed by atoms with Crippen molar-refractivity contribution in [1.29, 1.82) is 0 Å². The summed E-state index contributed by atoms with van der Waals surface area (Å²) in [6.07, 6.45) is 11.2. The number of hydrogen-bond acceptors (Lipinski definition) is 1. The maximum absolute atomic E-state index is 10.4. The van der Waals surface area contributed by atoms with E-state index in [1.54, 1.807) is 0 Å². The van der Waals surface area contributed by atoms with E-state index in [2.05, 4.69) is 56.0 Å². The number of aryl methyl sites for hydroxylation is 3. The summed E-state index contributed by atoms with van der Waals surface area (Å²) < 4.78 is 0. The fourth-order valence-electron chi connectivity index (χ4n) is 3.95. The van der Waals surface area contributed by atoms with Gasteiger partial charge in [-0.25, -0.2) is 0 Å². The molecule has 170 valence electrons. The first-order valence-corrected chi connectivity index (χ1v) is 11.8. The van der Waals surface area contributed by atoms with Crippen molar-refractivity contribution in [2.45, 2.75) is 45.6 Å². The predicted octanol–water partition coefficient (Wildman–Crippen LogP) is 8.33. The molecule has 1 N–H and O–H groups in total. The summed E-state index contributed by atoms with van der Waals surface area (Å²) in [5.74, 6) is 0. The van der Waals surface area contributed by atoms with Gasteiger partial charge in [0.15, 0.2) is 0 Å². The minimum atomic E-state index is -0.815. The molecular weight excluding hydrogens is 424 g/mol. The van der Waals surface area contributed by atoms with Gasteiger partial charge >= 0.3 is 0 Å². The van der Waals surface area contributed by atoms with Crippen LogP contribution in [0.15, 0.2) is 91.0 Å². The molecule has 0 spiro atoms. The second kappa shape index (κ2) is 11.3. The summed E-state index contributed by atoms with van der Waals surface area (Å²) in [7, 11) is 0. The molecule has 0 aliphatic rings. The zero-order chi connectivity index (χ0) is 23.8. The molecule has 0 heterocycles. The van der Waals surface area contributed by atoms with Crippen molar-refractivity contribution >= 4 is 23.8 Å². The van der Waals surface area contributed by atoms with Crippen LogP contribution in [-0.2, 0) is 18.4 Å². The van der Waals surface area contributed by atoms with Crippen LogP contribution in [0, 0.1) is 6.92 Å². The molecule has 33 heavy (non-hydrogen) atoms. The Bertz CT molecular complexity index is 1160. The molecular formula is C31H33ClO. The molecule has 0 saturated heterocycles. The summed E-state index contributed by atoms with van der Waals surface area (Å²) in [5, 5.41) is 11.2. The minimum Gasteiger partial charge on any atom is -0.386 e. The molecule has 0 fully saturated rings. The minimum absolute atomic E-state index is 0.754. The Balaban J connectivity index is 1.58. The molecule has 0 bridgehead atoms. The van der Waals surface area contributed by atoms with Crippen molar-refractivity contribution in [3.05, 3.63) is 129 Å². The zero-order valence-electron chi connectivity index (χ0n) is 19.8. The first-order valence-electron chi connectivity index (χ1n) is 11.4. The molecule has 0 radical (unpaired) electrons. The topological polar surface area (TPSA) is 20.2 Å². The molecule has 0 aromatic heterocycles. The van der Waals surface area contributed by atoms with E-state index in [9.17, 15) is 5.11 Å². The van der Waals surface area contributed by atoms with Gasteiger partial charge in [0.25, 0.3) is 0 Å².